The number of hydrogen-bond donors (Lipinski definition) is 2. The molecule has 2 aliphatic carbocycles. The lowest BCUT2D eigenvalue weighted by Crippen LogP contribution is -2.19. The molecule has 2 aliphatic rings. The minimum Gasteiger partial charge on any atom is -0.512 e. The number of hydrogen-bond acceptors (Lipinski definition) is 2. The first-order valence-corrected chi connectivity index (χ1v) is 3.94. The lowest BCUT2D eigenvalue weighted by molar-refractivity contribution is 0.276. The molecule has 0 bridgehead atoms. The minimum atomic E-state index is -0.0694. The number of rotatable bonds is 0. The van der Waals surface area contributed by atoms with Crippen molar-refractivity contribution in [1.82, 2.24) is 0 Å². The van der Waals surface area contributed by atoms with Crippen LogP contribution in [0.5, 0.6) is 0 Å². The van der Waals surface area contributed by atoms with Crippen LogP contribution in [-0.2, 0) is 0 Å². The zero-order valence-electron chi connectivity index (χ0n) is 6.51. The minimum absolute atomic E-state index is 0.0694. The monoisotopic (exact) mass is 162 g/mol. The van der Waals surface area contributed by atoms with E-state index in [0.29, 0.717) is 11.5 Å². The van der Waals surface area contributed by atoms with E-state index in [2.05, 4.69) is 0 Å². The average Bonchev–Trinajstić information content (AvgIpc) is 2.07. The lowest BCUT2D eigenvalue weighted by atomic mass is 9.82. The van der Waals surface area contributed by atoms with Crippen molar-refractivity contribution < 1.29 is 10.2 Å². The van der Waals surface area contributed by atoms with E-state index in [1.54, 1.807) is 24.3 Å². The second-order valence-electron chi connectivity index (χ2n) is 3.00. The number of aliphatic hydroxyl groups is 2. The Bertz CT molecular complexity index is 276. The molecule has 2 unspecified atom stereocenters. The largest absolute Gasteiger partial charge is 0.512 e. The first-order valence-electron chi connectivity index (χ1n) is 3.94. The normalized spacial score (nSPS) is 32.3. The van der Waals surface area contributed by atoms with E-state index in [0.717, 1.165) is 0 Å². The van der Waals surface area contributed by atoms with E-state index in [9.17, 15) is 10.2 Å². The predicted octanol–water partition coefficient (Wildman–Crippen LogP) is 2.24. The summed E-state index contributed by atoms with van der Waals surface area (Å²) in [6.45, 7) is 0. The zero-order valence-corrected chi connectivity index (χ0v) is 6.51. The van der Waals surface area contributed by atoms with Crippen LogP contribution in [0.15, 0.2) is 48.0 Å². The van der Waals surface area contributed by atoms with Crippen LogP contribution in [0.2, 0.25) is 0 Å². The molecular formula is C10H10O2. The first-order chi connectivity index (χ1) is 5.79. The second kappa shape index (κ2) is 2.55. The fourth-order valence-electron chi connectivity index (χ4n) is 1.57. The Morgan fingerprint density at radius 3 is 1.67 bits per heavy atom. The molecule has 2 N–H and O–H groups in total. The highest BCUT2D eigenvalue weighted by Gasteiger charge is 2.27. The van der Waals surface area contributed by atoms with E-state index in [4.69, 9.17) is 0 Å². The van der Waals surface area contributed by atoms with E-state index in [1.807, 2.05) is 12.2 Å². The third-order valence-corrected chi connectivity index (χ3v) is 2.24. The SMILES string of the molecule is OC1=CC=CC2C(O)=CC=CC12. The van der Waals surface area contributed by atoms with Crippen molar-refractivity contribution in [3.63, 3.8) is 0 Å². The van der Waals surface area contributed by atoms with Crippen LogP contribution < -0.4 is 0 Å². The Balaban J connectivity index is 2.37. The topological polar surface area (TPSA) is 40.5 Å². The van der Waals surface area contributed by atoms with Crippen molar-refractivity contribution >= 4 is 0 Å². The third kappa shape index (κ3) is 0.961. The summed E-state index contributed by atoms with van der Waals surface area (Å²) in [6.07, 6.45) is 10.6. The van der Waals surface area contributed by atoms with Gasteiger partial charge in [-0.05, 0) is 12.2 Å². The van der Waals surface area contributed by atoms with Crippen LogP contribution in [0.4, 0.5) is 0 Å². The van der Waals surface area contributed by atoms with Gasteiger partial charge in [0, 0.05) is 11.8 Å². The summed E-state index contributed by atoms with van der Waals surface area (Å²) in [5.74, 6) is 0.497. The maximum Gasteiger partial charge on any atom is 0.100 e. The van der Waals surface area contributed by atoms with Gasteiger partial charge in [0.05, 0.1) is 0 Å². The Hall–Kier alpha value is -1.44. The highest BCUT2D eigenvalue weighted by Crippen LogP contribution is 2.32. The van der Waals surface area contributed by atoms with Crippen molar-refractivity contribution in [1.29, 1.82) is 0 Å². The molecule has 0 radical (unpaired) electrons. The number of allylic oxidation sites excluding steroid dienone is 6. The van der Waals surface area contributed by atoms with Gasteiger partial charge in [0.25, 0.3) is 0 Å². The van der Waals surface area contributed by atoms with Gasteiger partial charge in [-0.3, -0.25) is 0 Å². The number of aliphatic hydroxyl groups excluding tert-OH is 2. The predicted molar refractivity (Wildman–Crippen MR) is 46.7 cm³/mol. The molecule has 2 heteroatoms. The van der Waals surface area contributed by atoms with Crippen LogP contribution in [0.3, 0.4) is 0 Å². The molecule has 0 saturated carbocycles. The molecule has 2 nitrogen and oxygen atoms in total. The third-order valence-electron chi connectivity index (χ3n) is 2.24. The zero-order chi connectivity index (χ0) is 8.55. The standard InChI is InChI=1S/C10H10O2/c11-9-5-1-3-7-8(9)4-2-6-10(7)12/h1-8,11-12H. The maximum atomic E-state index is 9.44. The molecule has 0 spiro atoms. The quantitative estimate of drug-likeness (QED) is 0.573. The Labute approximate surface area is 70.8 Å². The highest BCUT2D eigenvalue weighted by molar-refractivity contribution is 5.32. The van der Waals surface area contributed by atoms with Crippen molar-refractivity contribution in [2.75, 3.05) is 0 Å². The van der Waals surface area contributed by atoms with Crippen LogP contribution >= 0.6 is 0 Å². The summed E-state index contributed by atoms with van der Waals surface area (Å²) < 4.78 is 0. The Morgan fingerprint density at radius 2 is 1.25 bits per heavy atom. The van der Waals surface area contributed by atoms with Crippen LogP contribution in [0.25, 0.3) is 0 Å². The molecule has 0 aromatic heterocycles. The molecule has 0 amide bonds. The average molecular weight is 162 g/mol. The number of fused-ring (bicyclic) bond motifs is 1. The molecule has 0 aromatic rings. The summed E-state index contributed by atoms with van der Waals surface area (Å²) in [5.41, 5.74) is 0. The van der Waals surface area contributed by atoms with Crippen molar-refractivity contribution in [2.24, 2.45) is 11.8 Å². The maximum absolute atomic E-state index is 9.44. The Kier molecular flexibility index (Phi) is 1.54. The molecule has 0 fully saturated rings. The summed E-state index contributed by atoms with van der Waals surface area (Å²) in [4.78, 5) is 0. The molecule has 0 saturated heterocycles. The van der Waals surface area contributed by atoms with Crippen LogP contribution in [-0.4, -0.2) is 10.2 Å². The van der Waals surface area contributed by atoms with Gasteiger partial charge in [0.1, 0.15) is 11.5 Å². The van der Waals surface area contributed by atoms with E-state index in [1.165, 1.54) is 0 Å². The van der Waals surface area contributed by atoms with Gasteiger partial charge in [0.2, 0.25) is 0 Å². The molecule has 0 heterocycles. The van der Waals surface area contributed by atoms with E-state index < -0.39 is 0 Å². The van der Waals surface area contributed by atoms with Crippen molar-refractivity contribution in [3.05, 3.63) is 48.0 Å². The molecular weight excluding hydrogens is 152 g/mol. The molecule has 0 aromatic carbocycles. The summed E-state index contributed by atoms with van der Waals surface area (Å²) in [7, 11) is 0. The molecule has 62 valence electrons. The van der Waals surface area contributed by atoms with Crippen molar-refractivity contribution in [3.8, 4) is 0 Å². The molecule has 12 heavy (non-hydrogen) atoms. The second-order valence-corrected chi connectivity index (χ2v) is 3.00. The molecule has 2 rings (SSSR count). The van der Waals surface area contributed by atoms with Gasteiger partial charge in [-0.2, -0.15) is 0 Å². The highest BCUT2D eigenvalue weighted by atomic mass is 16.3. The van der Waals surface area contributed by atoms with Crippen molar-refractivity contribution in [2.45, 2.75) is 0 Å². The van der Waals surface area contributed by atoms with Gasteiger partial charge in [0.15, 0.2) is 0 Å². The Morgan fingerprint density at radius 1 is 0.833 bits per heavy atom. The smallest absolute Gasteiger partial charge is 0.100 e. The summed E-state index contributed by atoms with van der Waals surface area (Å²) in [5, 5.41) is 18.9. The van der Waals surface area contributed by atoms with Gasteiger partial charge in [-0.25, -0.2) is 0 Å². The molecule has 0 aliphatic heterocycles. The lowest BCUT2D eigenvalue weighted by Gasteiger charge is -2.25. The van der Waals surface area contributed by atoms with Gasteiger partial charge >= 0.3 is 0 Å². The summed E-state index contributed by atoms with van der Waals surface area (Å²) in [6, 6.07) is 0. The first kappa shape index (κ1) is 7.22. The van der Waals surface area contributed by atoms with Gasteiger partial charge in [-0.15, -0.1) is 0 Å². The van der Waals surface area contributed by atoms with E-state index in [-0.39, 0.29) is 11.8 Å². The van der Waals surface area contributed by atoms with E-state index >= 15 is 0 Å². The van der Waals surface area contributed by atoms with Gasteiger partial charge in [-0.1, -0.05) is 24.3 Å². The van der Waals surface area contributed by atoms with Gasteiger partial charge < -0.3 is 10.2 Å². The fraction of sp³-hybridized carbons (Fsp3) is 0.200. The fourth-order valence-corrected chi connectivity index (χ4v) is 1.57. The van der Waals surface area contributed by atoms with Crippen LogP contribution in [0.1, 0.15) is 0 Å². The molecule has 2 atom stereocenters. The summed E-state index contributed by atoms with van der Waals surface area (Å²) >= 11 is 0. The van der Waals surface area contributed by atoms with Crippen LogP contribution in [0, 0.1) is 11.8 Å².